The van der Waals surface area contributed by atoms with E-state index in [1.165, 1.54) is 25.1 Å². The van der Waals surface area contributed by atoms with Gasteiger partial charge >= 0.3 is 0 Å². The molecule has 0 fully saturated rings. The van der Waals surface area contributed by atoms with Crippen molar-refractivity contribution in [2.45, 2.75) is 13.5 Å². The van der Waals surface area contributed by atoms with E-state index in [0.29, 0.717) is 12.1 Å². The summed E-state index contributed by atoms with van der Waals surface area (Å²) in [7, 11) is 0. The SMILES string of the molecule is CC(=O)N1C(=O)/C(=C(/O)c2ccc(Cn3ccnc3)cc2)c2cc([N+](=O)[O-])ccc21. The number of imide groups is 1. The zero-order valence-electron chi connectivity index (χ0n) is 15.8. The number of fused-ring (bicyclic) bond motifs is 1. The van der Waals surface area contributed by atoms with Gasteiger partial charge in [0.25, 0.3) is 11.6 Å². The number of nitrogens with zero attached hydrogens (tertiary/aromatic N) is 4. The monoisotopic (exact) mass is 404 g/mol. The molecule has 0 bridgehead atoms. The molecule has 0 spiro atoms. The minimum atomic E-state index is -0.724. The molecule has 1 N–H and O–H groups in total. The smallest absolute Gasteiger partial charge is 0.270 e. The van der Waals surface area contributed by atoms with Crippen LogP contribution in [0.5, 0.6) is 0 Å². The van der Waals surface area contributed by atoms with Gasteiger partial charge in [-0.2, -0.15) is 0 Å². The molecule has 0 atom stereocenters. The van der Waals surface area contributed by atoms with Crippen LogP contribution in [0.1, 0.15) is 23.6 Å². The maximum Gasteiger partial charge on any atom is 0.270 e. The molecule has 4 rings (SSSR count). The van der Waals surface area contributed by atoms with Crippen LogP contribution in [0.25, 0.3) is 11.3 Å². The molecule has 1 aliphatic heterocycles. The van der Waals surface area contributed by atoms with Crippen molar-refractivity contribution in [2.24, 2.45) is 0 Å². The molecular formula is C21H16N4O5. The minimum Gasteiger partial charge on any atom is -0.506 e. The standard InChI is InChI=1S/C21H16N4O5/c1-13(26)24-18-7-6-16(25(29)30)10-17(18)19(21(24)28)20(27)15-4-2-14(3-5-15)11-23-9-8-22-12-23/h2-10,12,27H,11H2,1H3/b20-19+. The van der Waals surface area contributed by atoms with E-state index in [-0.39, 0.29) is 28.3 Å². The molecule has 0 radical (unpaired) electrons. The van der Waals surface area contributed by atoms with E-state index in [1.54, 1.807) is 36.8 Å². The highest BCUT2D eigenvalue weighted by atomic mass is 16.6. The molecule has 2 aromatic carbocycles. The van der Waals surface area contributed by atoms with Gasteiger partial charge in [-0.3, -0.25) is 19.7 Å². The van der Waals surface area contributed by atoms with Gasteiger partial charge < -0.3 is 9.67 Å². The van der Waals surface area contributed by atoms with Crippen molar-refractivity contribution in [3.63, 3.8) is 0 Å². The topological polar surface area (TPSA) is 119 Å². The fourth-order valence-corrected chi connectivity index (χ4v) is 3.41. The van der Waals surface area contributed by atoms with Crippen LogP contribution in [-0.2, 0) is 16.1 Å². The van der Waals surface area contributed by atoms with Crippen molar-refractivity contribution >= 4 is 34.5 Å². The molecule has 0 saturated heterocycles. The number of carbonyl (C=O) groups excluding carboxylic acids is 2. The maximum absolute atomic E-state index is 12.9. The second kappa shape index (κ2) is 7.28. The van der Waals surface area contributed by atoms with E-state index >= 15 is 0 Å². The van der Waals surface area contributed by atoms with E-state index < -0.39 is 16.7 Å². The van der Waals surface area contributed by atoms with Gasteiger partial charge in [-0.1, -0.05) is 24.3 Å². The van der Waals surface area contributed by atoms with E-state index in [1.807, 2.05) is 10.8 Å². The summed E-state index contributed by atoms with van der Waals surface area (Å²) < 4.78 is 1.88. The summed E-state index contributed by atoms with van der Waals surface area (Å²) in [5.74, 6) is -1.62. The van der Waals surface area contributed by atoms with Gasteiger partial charge in [0.15, 0.2) is 0 Å². The number of hydrogen-bond donors (Lipinski definition) is 1. The number of hydrogen-bond acceptors (Lipinski definition) is 6. The predicted molar refractivity (Wildman–Crippen MR) is 108 cm³/mol. The van der Waals surface area contributed by atoms with Crippen molar-refractivity contribution in [3.05, 3.63) is 88.0 Å². The average Bonchev–Trinajstić information content (AvgIpc) is 3.32. The molecule has 9 nitrogen and oxygen atoms in total. The third-order valence-corrected chi connectivity index (χ3v) is 4.82. The lowest BCUT2D eigenvalue weighted by molar-refractivity contribution is -0.384. The highest BCUT2D eigenvalue weighted by molar-refractivity contribution is 6.42. The van der Waals surface area contributed by atoms with Crippen LogP contribution < -0.4 is 4.90 Å². The highest BCUT2D eigenvalue weighted by Gasteiger charge is 2.38. The zero-order chi connectivity index (χ0) is 21.4. The Labute approximate surface area is 170 Å². The second-order valence-corrected chi connectivity index (χ2v) is 6.77. The summed E-state index contributed by atoms with van der Waals surface area (Å²) in [5, 5.41) is 22.0. The number of carbonyl (C=O) groups is 2. The van der Waals surface area contributed by atoms with Crippen molar-refractivity contribution in [2.75, 3.05) is 4.90 Å². The number of amides is 2. The van der Waals surface area contributed by atoms with Gasteiger partial charge in [-0.25, -0.2) is 9.88 Å². The molecule has 0 unspecified atom stereocenters. The number of anilines is 1. The summed E-state index contributed by atoms with van der Waals surface area (Å²) in [4.78, 5) is 40.3. The van der Waals surface area contributed by atoms with Crippen molar-refractivity contribution in [3.8, 4) is 0 Å². The lowest BCUT2D eigenvalue weighted by atomic mass is 10.0. The average molecular weight is 404 g/mol. The van der Waals surface area contributed by atoms with Crippen LogP contribution in [0, 0.1) is 10.1 Å². The first kappa shape index (κ1) is 19.1. The Morgan fingerprint density at radius 3 is 2.53 bits per heavy atom. The summed E-state index contributed by atoms with van der Waals surface area (Å²) >= 11 is 0. The Bertz CT molecular complexity index is 1200. The van der Waals surface area contributed by atoms with Crippen LogP contribution in [0.2, 0.25) is 0 Å². The molecule has 150 valence electrons. The lowest BCUT2D eigenvalue weighted by Crippen LogP contribution is -2.31. The summed E-state index contributed by atoms with van der Waals surface area (Å²) in [5.41, 5.74) is 1.27. The number of non-ortho nitro benzene ring substituents is 1. The molecule has 2 amide bonds. The summed E-state index contributed by atoms with van der Waals surface area (Å²) in [6.07, 6.45) is 5.18. The largest absolute Gasteiger partial charge is 0.506 e. The summed E-state index contributed by atoms with van der Waals surface area (Å²) in [6, 6.07) is 10.6. The summed E-state index contributed by atoms with van der Waals surface area (Å²) in [6.45, 7) is 1.80. The molecular weight excluding hydrogens is 388 g/mol. The Balaban J connectivity index is 1.78. The zero-order valence-corrected chi connectivity index (χ0v) is 15.8. The number of imidazole rings is 1. The molecule has 2 heterocycles. The fourth-order valence-electron chi connectivity index (χ4n) is 3.41. The Morgan fingerprint density at radius 2 is 1.93 bits per heavy atom. The predicted octanol–water partition coefficient (Wildman–Crippen LogP) is 3.16. The Morgan fingerprint density at radius 1 is 1.20 bits per heavy atom. The molecule has 30 heavy (non-hydrogen) atoms. The van der Waals surface area contributed by atoms with Gasteiger partial charge in [0.05, 0.1) is 22.5 Å². The number of aromatic nitrogens is 2. The number of aliphatic hydroxyl groups is 1. The number of benzene rings is 2. The van der Waals surface area contributed by atoms with Crippen LogP contribution in [0.15, 0.2) is 61.2 Å². The van der Waals surface area contributed by atoms with Gasteiger partial charge in [0.1, 0.15) is 5.76 Å². The first-order chi connectivity index (χ1) is 14.4. The molecule has 1 aromatic heterocycles. The molecule has 3 aromatic rings. The van der Waals surface area contributed by atoms with Crippen LogP contribution >= 0.6 is 0 Å². The first-order valence-electron chi connectivity index (χ1n) is 8.99. The van der Waals surface area contributed by atoms with Crippen LogP contribution in [0.4, 0.5) is 11.4 Å². The second-order valence-electron chi connectivity index (χ2n) is 6.77. The molecule has 0 saturated carbocycles. The first-order valence-corrected chi connectivity index (χ1v) is 8.99. The van der Waals surface area contributed by atoms with E-state index in [2.05, 4.69) is 4.98 Å². The number of nitro groups is 1. The fraction of sp³-hybridized carbons (Fsp3) is 0.0952. The van der Waals surface area contributed by atoms with Gasteiger partial charge in [-0.15, -0.1) is 0 Å². The quantitative estimate of drug-likeness (QED) is 0.309. The highest BCUT2D eigenvalue weighted by Crippen LogP contribution is 2.41. The van der Waals surface area contributed by atoms with Crippen LogP contribution in [-0.4, -0.2) is 31.4 Å². The van der Waals surface area contributed by atoms with E-state index in [0.717, 1.165) is 10.5 Å². The van der Waals surface area contributed by atoms with Gasteiger partial charge in [0, 0.05) is 49.1 Å². The van der Waals surface area contributed by atoms with Crippen molar-refractivity contribution < 1.29 is 19.6 Å². The number of nitro benzene ring substituents is 1. The van der Waals surface area contributed by atoms with Crippen molar-refractivity contribution in [1.29, 1.82) is 0 Å². The third-order valence-electron chi connectivity index (χ3n) is 4.82. The van der Waals surface area contributed by atoms with Gasteiger partial charge in [0.2, 0.25) is 5.91 Å². The molecule has 1 aliphatic rings. The maximum atomic E-state index is 12.9. The minimum absolute atomic E-state index is 0.143. The van der Waals surface area contributed by atoms with E-state index in [4.69, 9.17) is 0 Å². The number of aliphatic hydroxyl groups excluding tert-OH is 1. The third kappa shape index (κ3) is 3.22. The van der Waals surface area contributed by atoms with Crippen LogP contribution in [0.3, 0.4) is 0 Å². The molecule has 0 aliphatic carbocycles. The number of rotatable bonds is 4. The Kier molecular flexibility index (Phi) is 4.63. The molecule has 9 heteroatoms. The van der Waals surface area contributed by atoms with Gasteiger partial charge in [-0.05, 0) is 11.6 Å². The normalized spacial score (nSPS) is 14.6. The Hall–Kier alpha value is -4.27. The van der Waals surface area contributed by atoms with Crippen molar-refractivity contribution in [1.82, 2.24) is 9.55 Å². The lowest BCUT2D eigenvalue weighted by Gasteiger charge is -2.11. The van der Waals surface area contributed by atoms with E-state index in [9.17, 15) is 24.8 Å².